The summed E-state index contributed by atoms with van der Waals surface area (Å²) in [4.78, 5) is 80.7. The first-order valence-electron chi connectivity index (χ1n) is 19.8. The van der Waals surface area contributed by atoms with Crippen LogP contribution in [0.2, 0.25) is 0 Å². The Kier molecular flexibility index (Phi) is 20.0. The number of quaternary nitrogens is 2. The standard InChI is InChI=1S/C31H35F2N7O2.3C4H4O4/c1-38-11-13-39(14-12-38)21-5-7-22(8-6-21)40-17-24(28-29(34)35-18-36-30(28)40)19-3-10-26(27(15-19)42-2)37-31(41)23-9-4-20(32)16-25(23)33;3*5-3(6)1-2-4(7)8/h3-4,9-10,15-18,21-22H,5-8,11-14H2,1-2H3,(H,37,41)(H2,34,35,36);3*1-2H,(H,5,6)(H,7,8)/b;3*2-1-. The first kappa shape index (κ1) is 52.3. The van der Waals surface area contributed by atoms with Gasteiger partial charge in [0.1, 0.15) is 48.9 Å². The van der Waals surface area contributed by atoms with Crippen LogP contribution in [-0.2, 0) is 28.8 Å². The van der Waals surface area contributed by atoms with Gasteiger partial charge < -0.3 is 70.6 Å². The van der Waals surface area contributed by atoms with E-state index in [4.69, 9.17) is 25.8 Å². The number of halogens is 2. The second kappa shape index (κ2) is 25.3. The minimum atomic E-state index is -1.51. The quantitative estimate of drug-likeness (QED) is 0.0684. The summed E-state index contributed by atoms with van der Waals surface area (Å²) in [6.07, 6.45) is 11.2. The number of anilines is 2. The number of nitrogens with one attached hydrogen (secondary N) is 4. The number of carbonyl (C=O) groups is 7. The van der Waals surface area contributed by atoms with Crippen LogP contribution in [-0.4, -0.2) is 113 Å². The molecule has 6 rings (SSSR count). The van der Waals surface area contributed by atoms with Crippen molar-refractivity contribution >= 4 is 64.3 Å². The highest BCUT2D eigenvalue weighted by molar-refractivity contribution is 6.06. The van der Waals surface area contributed by atoms with Crippen LogP contribution in [0.4, 0.5) is 20.3 Å². The topological polar surface area (TPSA) is 337 Å². The van der Waals surface area contributed by atoms with Crippen molar-refractivity contribution in [2.75, 3.05) is 51.4 Å². The molecule has 2 fully saturated rings. The summed E-state index contributed by atoms with van der Waals surface area (Å²) in [6.45, 7) is 5.00. The predicted octanol–water partition coefficient (Wildman–Crippen LogP) is -3.33. The summed E-state index contributed by atoms with van der Waals surface area (Å²) in [5.74, 6) is -9.97. The number of H-pyrrole nitrogens is 1. The van der Waals surface area contributed by atoms with Gasteiger partial charge in [-0.05, 0) is 60.9 Å². The Morgan fingerprint density at radius 2 is 1.36 bits per heavy atom. The largest absolute Gasteiger partial charge is 0.545 e. The number of nitrogen functional groups attached to an aromatic ring is 1. The van der Waals surface area contributed by atoms with Crippen molar-refractivity contribution in [3.05, 3.63) is 103 Å². The van der Waals surface area contributed by atoms with Crippen LogP contribution in [0.25, 0.3) is 22.2 Å². The fourth-order valence-electron chi connectivity index (χ4n) is 7.08. The van der Waals surface area contributed by atoms with Crippen LogP contribution in [0, 0.1) is 11.6 Å². The number of likely N-dealkylation sites (N-methyl/N-ethyl adjacent to an activating group) is 1. The average molecular weight is 924 g/mol. The highest BCUT2D eigenvalue weighted by atomic mass is 19.1. The van der Waals surface area contributed by atoms with E-state index in [9.17, 15) is 57.7 Å². The molecule has 0 spiro atoms. The fraction of sp³-hybridized carbons (Fsp3) is 0.279. The monoisotopic (exact) mass is 923 g/mol. The van der Waals surface area contributed by atoms with E-state index in [1.165, 1.54) is 46.1 Å². The number of nitrogens with two attached hydrogens (primary N) is 1. The predicted molar refractivity (Wildman–Crippen MR) is 221 cm³/mol. The van der Waals surface area contributed by atoms with E-state index in [1.807, 2.05) is 12.1 Å². The number of ether oxygens (including phenoxy) is 1. The SMILES string of the molecule is COc1cc(-c2cn(C3CCC([NH+]4CC[NH+](C)CC4)CC3)c3[nH+]cnc(N)c23)ccc1NC(=O)c1ccc(F)cc1F.O=C([O-])/C=C\C(=O)O.O=C([O-])/C=C\C(=O)O.O=C([O-])/C=C\C(=O)O. The number of amides is 1. The van der Waals surface area contributed by atoms with Crippen molar-refractivity contribution < 1.29 is 92.5 Å². The first-order valence-corrected chi connectivity index (χ1v) is 19.8. The molecule has 4 aromatic rings. The van der Waals surface area contributed by atoms with Crippen LogP contribution < -0.4 is 45.9 Å². The van der Waals surface area contributed by atoms with Crippen LogP contribution >= 0.6 is 0 Å². The Morgan fingerprint density at radius 1 is 0.818 bits per heavy atom. The zero-order valence-electron chi connectivity index (χ0n) is 35.5. The van der Waals surface area contributed by atoms with Crippen LogP contribution in [0.3, 0.4) is 0 Å². The molecule has 21 nitrogen and oxygen atoms in total. The Bertz CT molecular complexity index is 2360. The molecule has 0 unspecified atom stereocenters. The second-order valence-electron chi connectivity index (χ2n) is 14.5. The van der Waals surface area contributed by atoms with Gasteiger partial charge in [0.15, 0.2) is 0 Å². The molecule has 66 heavy (non-hydrogen) atoms. The van der Waals surface area contributed by atoms with Gasteiger partial charge in [-0.2, -0.15) is 0 Å². The maximum atomic E-state index is 14.2. The molecular formula is C43H47F2N7O14. The molecule has 23 heteroatoms. The molecule has 1 amide bonds. The number of aromatic amines is 1. The second-order valence-corrected chi connectivity index (χ2v) is 14.5. The van der Waals surface area contributed by atoms with E-state index in [0.717, 1.165) is 53.2 Å². The van der Waals surface area contributed by atoms with Gasteiger partial charge in [-0.3, -0.25) is 9.36 Å². The highest BCUT2D eigenvalue weighted by Crippen LogP contribution is 2.39. The van der Waals surface area contributed by atoms with Gasteiger partial charge in [-0.1, -0.05) is 11.1 Å². The molecule has 9 N–H and O–H groups in total. The molecule has 1 aliphatic heterocycles. The smallest absolute Gasteiger partial charge is 0.328 e. The lowest BCUT2D eigenvalue weighted by atomic mass is 9.89. The fourth-order valence-corrected chi connectivity index (χ4v) is 7.08. The number of fused-ring (bicyclic) bond motifs is 1. The number of hydrogen-bond donors (Lipinski definition) is 7. The summed E-state index contributed by atoms with van der Waals surface area (Å²) in [7, 11) is 3.79. The first-order chi connectivity index (χ1) is 31.2. The zero-order valence-corrected chi connectivity index (χ0v) is 35.5. The minimum Gasteiger partial charge on any atom is -0.545 e. The summed E-state index contributed by atoms with van der Waals surface area (Å²) >= 11 is 0. The molecule has 0 radical (unpaired) electrons. The third kappa shape index (κ3) is 16.6. The third-order valence-electron chi connectivity index (χ3n) is 10.1. The lowest BCUT2D eigenvalue weighted by Crippen LogP contribution is -3.28. The number of rotatable bonds is 12. The maximum Gasteiger partial charge on any atom is 0.328 e. The molecule has 1 aliphatic carbocycles. The van der Waals surface area contributed by atoms with Crippen molar-refractivity contribution in [3.8, 4) is 16.9 Å². The van der Waals surface area contributed by atoms with E-state index < -0.39 is 53.4 Å². The van der Waals surface area contributed by atoms with E-state index in [2.05, 4.69) is 33.1 Å². The Balaban J connectivity index is 0.000000394. The number of aromatic nitrogens is 3. The normalized spacial score (nSPS) is 17.9. The lowest BCUT2D eigenvalue weighted by molar-refractivity contribution is -1.02. The highest BCUT2D eigenvalue weighted by Gasteiger charge is 2.35. The number of carboxylic acids is 6. The van der Waals surface area contributed by atoms with Gasteiger partial charge >= 0.3 is 17.9 Å². The Morgan fingerprint density at radius 3 is 1.83 bits per heavy atom. The van der Waals surface area contributed by atoms with Gasteiger partial charge in [0.2, 0.25) is 17.8 Å². The number of benzene rings is 2. The molecule has 0 bridgehead atoms. The molecule has 2 aliphatic rings. The van der Waals surface area contributed by atoms with Gasteiger partial charge in [-0.25, -0.2) is 28.1 Å². The van der Waals surface area contributed by atoms with Gasteiger partial charge in [-0.15, -0.1) is 0 Å². The van der Waals surface area contributed by atoms with Gasteiger partial charge in [0.05, 0.1) is 61.6 Å². The molecule has 352 valence electrons. The summed E-state index contributed by atoms with van der Waals surface area (Å²) in [5, 5.41) is 55.2. The molecule has 1 saturated carbocycles. The van der Waals surface area contributed by atoms with Crippen molar-refractivity contribution in [2.45, 2.75) is 37.8 Å². The minimum absolute atomic E-state index is 0.259. The number of carbonyl (C=O) groups excluding carboxylic acids is 4. The maximum absolute atomic E-state index is 14.2. The molecule has 2 aromatic carbocycles. The summed E-state index contributed by atoms with van der Waals surface area (Å²) in [5.41, 5.74) is 9.20. The molecule has 3 heterocycles. The molecule has 1 saturated heterocycles. The van der Waals surface area contributed by atoms with E-state index >= 15 is 0 Å². The van der Waals surface area contributed by atoms with E-state index in [1.54, 1.807) is 22.2 Å². The molecule has 2 aromatic heterocycles. The number of nitrogens with zero attached hydrogens (tertiary/aromatic N) is 2. The third-order valence-corrected chi connectivity index (χ3v) is 10.1. The van der Waals surface area contributed by atoms with Crippen LogP contribution in [0.15, 0.2) is 85.4 Å². The zero-order chi connectivity index (χ0) is 49.1. The Hall–Kier alpha value is -8.05. The van der Waals surface area contributed by atoms with Gasteiger partial charge in [0.25, 0.3) is 5.91 Å². The van der Waals surface area contributed by atoms with Crippen LogP contribution in [0.5, 0.6) is 5.75 Å². The van der Waals surface area contributed by atoms with E-state index in [-0.39, 0.29) is 5.56 Å². The summed E-state index contributed by atoms with van der Waals surface area (Å²) in [6, 6.07) is 9.30. The number of piperazine rings is 1. The number of aliphatic carboxylic acids is 6. The number of methoxy groups -OCH3 is 1. The molecular weight excluding hydrogens is 877 g/mol. The van der Waals surface area contributed by atoms with Crippen molar-refractivity contribution in [2.24, 2.45) is 0 Å². The molecule has 0 atom stereocenters. The average Bonchev–Trinajstić information content (AvgIpc) is 3.66. The van der Waals surface area contributed by atoms with Gasteiger partial charge in [0, 0.05) is 42.7 Å². The summed E-state index contributed by atoms with van der Waals surface area (Å²) < 4.78 is 35.4. The lowest BCUT2D eigenvalue weighted by Gasteiger charge is -2.36. The van der Waals surface area contributed by atoms with Crippen molar-refractivity contribution in [1.29, 1.82) is 0 Å². The number of hydrogen-bond acceptors (Lipinski definition) is 13. The Labute approximate surface area is 374 Å². The van der Waals surface area contributed by atoms with Crippen molar-refractivity contribution in [1.82, 2.24) is 9.55 Å². The number of carboxylic acid groups (broad SMARTS) is 6. The van der Waals surface area contributed by atoms with Crippen LogP contribution in [0.1, 0.15) is 42.1 Å². The van der Waals surface area contributed by atoms with Crippen molar-refractivity contribution in [3.63, 3.8) is 0 Å². The van der Waals surface area contributed by atoms with E-state index in [0.29, 0.717) is 65.8 Å².